The molecule has 4 unspecified atom stereocenters. The van der Waals surface area contributed by atoms with Gasteiger partial charge in [0.05, 0.1) is 12.5 Å². The second-order valence-electron chi connectivity index (χ2n) is 10.5. The fourth-order valence-electron chi connectivity index (χ4n) is 4.69. The van der Waals surface area contributed by atoms with Gasteiger partial charge in [-0.25, -0.2) is 4.79 Å². The highest BCUT2D eigenvalue weighted by molar-refractivity contribution is 5.95. The van der Waals surface area contributed by atoms with Crippen LogP contribution in [-0.2, 0) is 36.8 Å². The number of amides is 4. The van der Waals surface area contributed by atoms with Crippen molar-refractivity contribution in [3.05, 3.63) is 65.9 Å². The molecule has 0 fully saturated rings. The summed E-state index contributed by atoms with van der Waals surface area (Å²) < 4.78 is 0. The van der Waals surface area contributed by atoms with Crippen LogP contribution in [0.15, 0.2) is 54.7 Å². The number of rotatable bonds is 17. The first-order valence-electron chi connectivity index (χ1n) is 14.2. The topological polar surface area (TPSA) is 256 Å². The van der Waals surface area contributed by atoms with Crippen molar-refractivity contribution in [1.29, 1.82) is 0 Å². The summed E-state index contributed by atoms with van der Waals surface area (Å²) in [6.07, 6.45) is 2.40. The number of carbonyl (C=O) groups is 5. The van der Waals surface area contributed by atoms with E-state index in [0.717, 1.165) is 10.9 Å². The third-order valence-corrected chi connectivity index (χ3v) is 7.06. The number of phenols is 1. The first kappa shape index (κ1) is 33.6. The van der Waals surface area contributed by atoms with Crippen LogP contribution in [0.3, 0.4) is 0 Å². The summed E-state index contributed by atoms with van der Waals surface area (Å²) in [5, 5.41) is 27.4. The third kappa shape index (κ3) is 9.81. The lowest BCUT2D eigenvalue weighted by Crippen LogP contribution is -2.58. The lowest BCUT2D eigenvalue weighted by molar-refractivity contribution is -0.143. The Labute approximate surface area is 253 Å². The minimum absolute atomic E-state index is 0.0334. The van der Waals surface area contributed by atoms with Crippen LogP contribution in [0.4, 0.5) is 0 Å². The number of unbranched alkanes of at least 4 members (excludes halogenated alkanes) is 1. The van der Waals surface area contributed by atoms with Crippen LogP contribution in [0.2, 0.25) is 0 Å². The van der Waals surface area contributed by atoms with Crippen molar-refractivity contribution in [3.8, 4) is 5.75 Å². The molecule has 14 nitrogen and oxygen atoms in total. The van der Waals surface area contributed by atoms with Gasteiger partial charge < -0.3 is 48.3 Å². The number of fused-ring (bicyclic) bond motifs is 1. The maximum Gasteiger partial charge on any atom is 0.326 e. The zero-order valence-electron chi connectivity index (χ0n) is 24.1. The number of benzene rings is 2. The molecular formula is C30H39N7O7. The van der Waals surface area contributed by atoms with Crippen molar-refractivity contribution in [2.45, 2.75) is 62.7 Å². The second-order valence-corrected chi connectivity index (χ2v) is 10.5. The van der Waals surface area contributed by atoms with Gasteiger partial charge in [-0.15, -0.1) is 0 Å². The normalized spacial score (nSPS) is 13.8. The van der Waals surface area contributed by atoms with Crippen molar-refractivity contribution in [1.82, 2.24) is 20.9 Å². The Balaban J connectivity index is 1.82. The average Bonchev–Trinajstić information content (AvgIpc) is 3.39. The minimum atomic E-state index is -1.61. The van der Waals surface area contributed by atoms with Gasteiger partial charge in [-0.05, 0) is 61.6 Å². The van der Waals surface area contributed by atoms with Crippen LogP contribution in [0.5, 0.6) is 5.75 Å². The Bertz CT molecular complexity index is 1460. The number of aromatic amines is 1. The van der Waals surface area contributed by atoms with Crippen molar-refractivity contribution >= 4 is 40.5 Å². The maximum atomic E-state index is 13.6. The number of primary amides is 1. The van der Waals surface area contributed by atoms with Crippen molar-refractivity contribution in [2.24, 2.45) is 17.2 Å². The Morgan fingerprint density at radius 3 is 2.11 bits per heavy atom. The van der Waals surface area contributed by atoms with Crippen molar-refractivity contribution in [3.63, 3.8) is 0 Å². The fourth-order valence-corrected chi connectivity index (χ4v) is 4.69. The molecule has 4 atom stereocenters. The molecule has 0 saturated carbocycles. The number of hydrogen-bond acceptors (Lipinski definition) is 8. The molecule has 236 valence electrons. The lowest BCUT2D eigenvalue weighted by Gasteiger charge is -2.25. The summed E-state index contributed by atoms with van der Waals surface area (Å²) in [4.78, 5) is 66.2. The number of aliphatic carboxylic acids is 1. The Morgan fingerprint density at radius 1 is 0.818 bits per heavy atom. The molecule has 0 radical (unpaired) electrons. The monoisotopic (exact) mass is 609 g/mol. The molecule has 14 heteroatoms. The zero-order chi connectivity index (χ0) is 32.2. The van der Waals surface area contributed by atoms with Crippen LogP contribution in [0.25, 0.3) is 10.9 Å². The smallest absolute Gasteiger partial charge is 0.326 e. The van der Waals surface area contributed by atoms with E-state index >= 15 is 0 Å². The van der Waals surface area contributed by atoms with Crippen LogP contribution in [0.1, 0.15) is 36.8 Å². The lowest BCUT2D eigenvalue weighted by atomic mass is 10.0. The van der Waals surface area contributed by atoms with Gasteiger partial charge in [0.15, 0.2) is 0 Å². The number of hydrogen-bond donors (Lipinski definition) is 9. The summed E-state index contributed by atoms with van der Waals surface area (Å²) in [7, 11) is 0. The van der Waals surface area contributed by atoms with Gasteiger partial charge in [-0.3, -0.25) is 19.2 Å². The third-order valence-electron chi connectivity index (χ3n) is 7.06. The molecule has 0 aliphatic heterocycles. The molecule has 0 saturated heterocycles. The van der Waals surface area contributed by atoms with Gasteiger partial charge in [0.2, 0.25) is 23.6 Å². The highest BCUT2D eigenvalue weighted by Gasteiger charge is 2.31. The van der Waals surface area contributed by atoms with E-state index in [1.807, 2.05) is 24.3 Å². The Morgan fingerprint density at radius 2 is 1.45 bits per heavy atom. The minimum Gasteiger partial charge on any atom is -0.508 e. The molecule has 0 bridgehead atoms. The van der Waals surface area contributed by atoms with Crippen LogP contribution >= 0.6 is 0 Å². The van der Waals surface area contributed by atoms with Gasteiger partial charge in [0, 0.05) is 23.5 Å². The number of nitrogens with two attached hydrogens (primary N) is 3. The first-order chi connectivity index (χ1) is 21.0. The van der Waals surface area contributed by atoms with Gasteiger partial charge >= 0.3 is 5.97 Å². The molecule has 0 aliphatic carbocycles. The number of para-hydroxylation sites is 1. The van der Waals surface area contributed by atoms with Crippen LogP contribution < -0.4 is 33.2 Å². The number of carbonyl (C=O) groups excluding carboxylic acids is 4. The maximum absolute atomic E-state index is 13.6. The molecular weight excluding hydrogens is 570 g/mol. The number of carboxylic acid groups (broad SMARTS) is 1. The van der Waals surface area contributed by atoms with Crippen LogP contribution in [0, 0.1) is 0 Å². The summed E-state index contributed by atoms with van der Waals surface area (Å²) in [6.45, 7) is 0.366. The molecule has 3 rings (SSSR count). The zero-order valence-corrected chi connectivity index (χ0v) is 24.1. The van der Waals surface area contributed by atoms with E-state index in [1.54, 1.807) is 18.3 Å². The summed E-state index contributed by atoms with van der Waals surface area (Å²) >= 11 is 0. The van der Waals surface area contributed by atoms with Gasteiger partial charge in [0.1, 0.15) is 23.9 Å². The second kappa shape index (κ2) is 16.0. The van der Waals surface area contributed by atoms with E-state index in [1.165, 1.54) is 12.1 Å². The molecule has 0 aliphatic rings. The molecule has 3 aromatic rings. The van der Waals surface area contributed by atoms with E-state index in [9.17, 15) is 34.2 Å². The van der Waals surface area contributed by atoms with Crippen molar-refractivity contribution in [2.75, 3.05) is 6.54 Å². The molecule has 0 spiro atoms. The SMILES string of the molecule is NCCCCC(NC(=O)C(N)Cc1ccc(O)cc1)C(=O)NC(Cc1c[nH]c2ccccc12)C(=O)NC(CC(N)=O)C(=O)O. The highest BCUT2D eigenvalue weighted by Crippen LogP contribution is 2.19. The quantitative estimate of drug-likeness (QED) is 0.0895. The van der Waals surface area contributed by atoms with E-state index in [-0.39, 0.29) is 25.0 Å². The van der Waals surface area contributed by atoms with Gasteiger partial charge in [0.25, 0.3) is 0 Å². The molecule has 1 aromatic heterocycles. The number of phenolic OH excluding ortho intramolecular Hbond substituents is 1. The molecule has 12 N–H and O–H groups in total. The van der Waals surface area contributed by atoms with Gasteiger partial charge in [-0.2, -0.15) is 0 Å². The number of nitrogens with one attached hydrogen (secondary N) is 4. The summed E-state index contributed by atoms with van der Waals surface area (Å²) in [5.41, 5.74) is 19.1. The van der Waals surface area contributed by atoms with E-state index in [0.29, 0.717) is 30.5 Å². The van der Waals surface area contributed by atoms with E-state index < -0.39 is 60.2 Å². The summed E-state index contributed by atoms with van der Waals surface area (Å²) in [5.74, 6) is -4.47. The van der Waals surface area contributed by atoms with E-state index in [4.69, 9.17) is 17.2 Å². The number of carboxylic acids is 1. The number of H-pyrrole nitrogens is 1. The Hall–Kier alpha value is -4.95. The van der Waals surface area contributed by atoms with E-state index in [2.05, 4.69) is 20.9 Å². The van der Waals surface area contributed by atoms with Gasteiger partial charge in [-0.1, -0.05) is 30.3 Å². The van der Waals surface area contributed by atoms with Crippen molar-refractivity contribution < 1.29 is 34.2 Å². The highest BCUT2D eigenvalue weighted by atomic mass is 16.4. The summed E-state index contributed by atoms with van der Waals surface area (Å²) in [6, 6.07) is 8.52. The molecule has 44 heavy (non-hydrogen) atoms. The average molecular weight is 610 g/mol. The fraction of sp³-hybridized carbons (Fsp3) is 0.367. The standard InChI is InChI=1S/C30H39N7O7/c31-12-4-3-7-23(35-27(40)21(32)13-17-8-10-19(38)11-9-17)28(41)36-24(29(42)37-25(30(43)44)15-26(33)39)14-18-16-34-22-6-2-1-5-20(18)22/h1-2,5-6,8-11,16,21,23-25,34,38H,3-4,7,12-15,31-32H2,(H2,33,39)(H,35,40)(H,36,41)(H,37,42)(H,43,44). The predicted molar refractivity (Wildman–Crippen MR) is 162 cm³/mol. The molecule has 1 heterocycles. The Kier molecular flexibility index (Phi) is 12.2. The number of aromatic hydroxyl groups is 1. The predicted octanol–water partition coefficient (Wildman–Crippen LogP) is -0.471. The van der Waals surface area contributed by atoms with Crippen LogP contribution in [-0.4, -0.2) is 75.5 Å². The molecule has 4 amide bonds. The first-order valence-corrected chi connectivity index (χ1v) is 14.2. The largest absolute Gasteiger partial charge is 0.508 e. The molecule has 2 aromatic carbocycles. The number of aromatic nitrogens is 1.